The number of benzene rings is 1. The molecule has 2 amide bonds. The first kappa shape index (κ1) is 26.8. The second-order valence-corrected chi connectivity index (χ2v) is 10.6. The lowest BCUT2D eigenvalue weighted by Gasteiger charge is -2.35. The van der Waals surface area contributed by atoms with Crippen LogP contribution in [-0.4, -0.2) is 72.6 Å². The largest absolute Gasteiger partial charge is 0.353 e. The van der Waals surface area contributed by atoms with Crippen LogP contribution < -0.4 is 15.5 Å². The van der Waals surface area contributed by atoms with Gasteiger partial charge in [0.05, 0.1) is 21.7 Å². The van der Waals surface area contributed by atoms with Crippen molar-refractivity contribution in [1.82, 2.24) is 24.8 Å². The van der Waals surface area contributed by atoms with Gasteiger partial charge in [-0.2, -0.15) is 5.26 Å². The molecule has 192 valence electrons. The molecular formula is C25H31Cl2N7OS. The van der Waals surface area contributed by atoms with Crippen LogP contribution in [0.4, 0.5) is 10.6 Å². The topological polar surface area (TPSA) is 87.5 Å². The van der Waals surface area contributed by atoms with Crippen molar-refractivity contribution in [2.75, 3.05) is 51.2 Å². The molecule has 0 radical (unpaired) electrons. The van der Waals surface area contributed by atoms with Gasteiger partial charge in [0, 0.05) is 69.7 Å². The molecule has 11 heteroatoms. The van der Waals surface area contributed by atoms with Gasteiger partial charge >= 0.3 is 6.03 Å². The number of pyridine rings is 1. The predicted molar refractivity (Wildman–Crippen MR) is 148 cm³/mol. The van der Waals surface area contributed by atoms with E-state index in [-0.39, 0.29) is 18.1 Å². The summed E-state index contributed by atoms with van der Waals surface area (Å²) in [6.45, 7) is 6.90. The Morgan fingerprint density at radius 1 is 1.25 bits per heavy atom. The lowest BCUT2D eigenvalue weighted by atomic mass is 10.0. The second-order valence-electron chi connectivity index (χ2n) is 9.24. The van der Waals surface area contributed by atoms with Gasteiger partial charge in [-0.15, -0.1) is 0 Å². The highest BCUT2D eigenvalue weighted by Gasteiger charge is 2.26. The Labute approximate surface area is 228 Å². The zero-order valence-electron chi connectivity index (χ0n) is 20.5. The van der Waals surface area contributed by atoms with Crippen LogP contribution in [0.1, 0.15) is 36.9 Å². The second kappa shape index (κ2) is 11.9. The fourth-order valence-electron chi connectivity index (χ4n) is 4.71. The molecule has 0 aliphatic carbocycles. The van der Waals surface area contributed by atoms with Crippen LogP contribution >= 0.6 is 36.0 Å². The maximum Gasteiger partial charge on any atom is 0.317 e. The van der Waals surface area contributed by atoms with E-state index in [1.54, 1.807) is 17.2 Å². The number of nitriles is 1. The Hall–Kier alpha value is -2.22. The SMILES string of the molecule is CC(NC(=O)N(C)C1CCN(S)CC1)c1ccc(-c2cnc(N3CCNCC3)c(C#N)c2)c(Cl)c1Cl. The van der Waals surface area contributed by atoms with E-state index in [1.807, 2.05) is 30.4 Å². The van der Waals surface area contributed by atoms with Crippen LogP contribution in [0.3, 0.4) is 0 Å². The average molecular weight is 549 g/mol. The summed E-state index contributed by atoms with van der Waals surface area (Å²) in [5.74, 6) is 0.682. The van der Waals surface area contributed by atoms with Crippen LogP contribution in [0.15, 0.2) is 24.4 Å². The number of piperidine rings is 1. The predicted octanol–water partition coefficient (Wildman–Crippen LogP) is 4.35. The number of thiol groups is 1. The number of amides is 2. The number of nitrogens with zero attached hydrogens (tertiary/aromatic N) is 5. The van der Waals surface area contributed by atoms with Gasteiger partial charge in [-0.1, -0.05) is 48.1 Å². The van der Waals surface area contributed by atoms with Crippen LogP contribution in [0.25, 0.3) is 11.1 Å². The third-order valence-electron chi connectivity index (χ3n) is 6.94. The molecule has 0 bridgehead atoms. The number of anilines is 1. The summed E-state index contributed by atoms with van der Waals surface area (Å²) in [6.07, 6.45) is 3.50. The third kappa shape index (κ3) is 5.84. The first-order valence-electron chi connectivity index (χ1n) is 12.1. The van der Waals surface area contributed by atoms with Crippen molar-refractivity contribution in [1.29, 1.82) is 5.26 Å². The van der Waals surface area contributed by atoms with E-state index in [4.69, 9.17) is 23.2 Å². The number of hydrogen-bond acceptors (Lipinski definition) is 7. The zero-order valence-corrected chi connectivity index (χ0v) is 22.9. The van der Waals surface area contributed by atoms with Gasteiger partial charge in [-0.3, -0.25) is 4.31 Å². The van der Waals surface area contributed by atoms with Crippen LogP contribution in [0.5, 0.6) is 0 Å². The smallest absolute Gasteiger partial charge is 0.317 e. The quantitative estimate of drug-likeness (QED) is 0.482. The lowest BCUT2D eigenvalue weighted by Crippen LogP contribution is -2.48. The van der Waals surface area contributed by atoms with E-state index in [0.29, 0.717) is 27.0 Å². The van der Waals surface area contributed by atoms with Crippen molar-refractivity contribution >= 4 is 47.9 Å². The number of piperazine rings is 1. The Kier molecular flexibility index (Phi) is 8.86. The monoisotopic (exact) mass is 547 g/mol. The molecule has 3 heterocycles. The zero-order chi connectivity index (χ0) is 25.8. The van der Waals surface area contributed by atoms with E-state index in [9.17, 15) is 10.1 Å². The molecule has 1 aromatic carbocycles. The van der Waals surface area contributed by atoms with Crippen molar-refractivity contribution < 1.29 is 4.79 Å². The molecule has 1 atom stereocenters. The molecule has 0 spiro atoms. The highest BCUT2D eigenvalue weighted by atomic mass is 35.5. The molecule has 2 fully saturated rings. The summed E-state index contributed by atoms with van der Waals surface area (Å²) in [7, 11) is 1.82. The Bertz CT molecular complexity index is 1140. The van der Waals surface area contributed by atoms with Crippen LogP contribution in [0, 0.1) is 11.3 Å². The summed E-state index contributed by atoms with van der Waals surface area (Å²) in [5, 5.41) is 16.8. The highest BCUT2D eigenvalue weighted by Crippen LogP contribution is 2.39. The minimum Gasteiger partial charge on any atom is -0.353 e. The minimum atomic E-state index is -0.341. The Morgan fingerprint density at radius 3 is 2.61 bits per heavy atom. The summed E-state index contributed by atoms with van der Waals surface area (Å²) in [5.41, 5.74) is 2.63. The van der Waals surface area contributed by atoms with Crippen molar-refractivity contribution in [3.05, 3.63) is 45.6 Å². The molecule has 2 aromatic rings. The van der Waals surface area contributed by atoms with Crippen LogP contribution in [0.2, 0.25) is 10.0 Å². The molecule has 2 aliphatic rings. The molecule has 8 nitrogen and oxygen atoms in total. The fourth-order valence-corrected chi connectivity index (χ4v) is 5.55. The Morgan fingerprint density at radius 2 is 1.94 bits per heavy atom. The van der Waals surface area contributed by atoms with Gasteiger partial charge in [0.25, 0.3) is 0 Å². The van der Waals surface area contributed by atoms with Crippen LogP contribution in [-0.2, 0) is 0 Å². The third-order valence-corrected chi connectivity index (χ3v) is 8.24. The number of halogens is 2. The molecule has 1 aromatic heterocycles. The van der Waals surface area contributed by atoms with Gasteiger partial charge in [-0.05, 0) is 31.4 Å². The minimum absolute atomic E-state index is 0.150. The van der Waals surface area contributed by atoms with Gasteiger partial charge < -0.3 is 20.4 Å². The van der Waals surface area contributed by atoms with Gasteiger partial charge in [0.2, 0.25) is 0 Å². The van der Waals surface area contributed by atoms with Crippen molar-refractivity contribution in [2.45, 2.75) is 31.8 Å². The Balaban J connectivity index is 1.50. The van der Waals surface area contributed by atoms with Crippen molar-refractivity contribution in [3.63, 3.8) is 0 Å². The van der Waals surface area contributed by atoms with E-state index >= 15 is 0 Å². The summed E-state index contributed by atoms with van der Waals surface area (Å²) >= 11 is 17.8. The lowest BCUT2D eigenvalue weighted by molar-refractivity contribution is 0.163. The first-order valence-corrected chi connectivity index (χ1v) is 13.3. The highest BCUT2D eigenvalue weighted by molar-refractivity contribution is 7.77. The fraction of sp³-hybridized carbons (Fsp3) is 0.480. The van der Waals surface area contributed by atoms with Crippen molar-refractivity contribution in [3.8, 4) is 17.2 Å². The number of urea groups is 1. The van der Waals surface area contributed by atoms with Gasteiger partial charge in [0.15, 0.2) is 0 Å². The molecule has 1 unspecified atom stereocenters. The number of nitrogens with one attached hydrogen (secondary N) is 2. The van der Waals surface area contributed by atoms with E-state index < -0.39 is 0 Å². The maximum atomic E-state index is 12.9. The van der Waals surface area contributed by atoms with Crippen molar-refractivity contribution in [2.24, 2.45) is 0 Å². The number of rotatable bonds is 5. The number of hydrogen-bond donors (Lipinski definition) is 3. The number of carbonyl (C=O) groups is 1. The molecule has 2 saturated heterocycles. The average Bonchev–Trinajstić information content (AvgIpc) is 2.90. The van der Waals surface area contributed by atoms with E-state index in [0.717, 1.165) is 63.2 Å². The molecular weight excluding hydrogens is 517 g/mol. The molecule has 0 saturated carbocycles. The summed E-state index contributed by atoms with van der Waals surface area (Å²) < 4.78 is 1.97. The van der Waals surface area contributed by atoms with Gasteiger partial charge in [-0.25, -0.2) is 9.78 Å². The molecule has 4 rings (SSSR count). The number of carbonyl (C=O) groups excluding carboxylic acids is 1. The van der Waals surface area contributed by atoms with E-state index in [1.165, 1.54) is 0 Å². The standard InChI is InChI=1S/C25H31Cl2N7OS/c1-16(31-25(35)32(2)19-5-9-34(36)10-6-19)20-3-4-21(23(27)22(20)26)18-13-17(14-28)24(30-15-18)33-11-7-29-8-12-33/h3-4,13,15-16,19,29,36H,5-12H2,1-2H3,(H,31,35). The van der Waals surface area contributed by atoms with Gasteiger partial charge in [0.1, 0.15) is 11.9 Å². The number of aromatic nitrogens is 1. The maximum absolute atomic E-state index is 12.9. The molecule has 36 heavy (non-hydrogen) atoms. The normalized spacial score (nSPS) is 17.9. The summed E-state index contributed by atoms with van der Waals surface area (Å²) in [6, 6.07) is 7.48. The van der Waals surface area contributed by atoms with E-state index in [2.05, 4.69) is 39.4 Å². The summed E-state index contributed by atoms with van der Waals surface area (Å²) in [4.78, 5) is 21.3. The molecule has 2 N–H and O–H groups in total. The molecule has 2 aliphatic heterocycles. The first-order chi connectivity index (χ1) is 17.3.